The van der Waals surface area contributed by atoms with E-state index < -0.39 is 0 Å². The van der Waals surface area contributed by atoms with Crippen LogP contribution in [0.25, 0.3) is 0 Å². The van der Waals surface area contributed by atoms with E-state index in [1.165, 1.54) is 37.7 Å². The molecule has 120 valence electrons. The first-order valence-corrected chi connectivity index (χ1v) is 9.32. The Balaban J connectivity index is 1.69. The Labute approximate surface area is 142 Å². The normalized spacial score (nSPS) is 15.2. The Morgan fingerprint density at radius 1 is 0.913 bits per heavy atom. The second-order valence-electron chi connectivity index (χ2n) is 5.97. The lowest BCUT2D eigenvalue weighted by Crippen LogP contribution is -2.23. The quantitative estimate of drug-likeness (QED) is 0.795. The number of hydrogen-bond acceptors (Lipinski definition) is 3. The molecule has 0 amide bonds. The summed E-state index contributed by atoms with van der Waals surface area (Å²) >= 11 is 1.48. The number of rotatable bonds is 6. The number of thioether (sulfide) groups is 1. The van der Waals surface area contributed by atoms with Gasteiger partial charge < -0.3 is 4.90 Å². The SMILES string of the molecule is O=C(SCCN1CCCC1)C(c1ccccc1)c1ccccc1. The molecule has 3 heteroatoms. The van der Waals surface area contributed by atoms with Crippen molar-refractivity contribution in [1.29, 1.82) is 0 Å². The van der Waals surface area contributed by atoms with E-state index in [2.05, 4.69) is 29.2 Å². The molecular weight excluding hydrogens is 302 g/mol. The van der Waals surface area contributed by atoms with Crippen molar-refractivity contribution in [3.8, 4) is 0 Å². The minimum absolute atomic E-state index is 0.166. The maximum atomic E-state index is 12.9. The Hall–Kier alpha value is -1.58. The standard InChI is InChI=1S/C20H23NOS/c22-20(23-16-15-21-13-7-8-14-21)19(17-9-3-1-4-10-17)18-11-5-2-6-12-18/h1-6,9-12,19H,7-8,13-16H2. The number of hydrogen-bond donors (Lipinski definition) is 0. The molecule has 1 saturated heterocycles. The second kappa shape index (κ2) is 8.32. The number of nitrogens with zero attached hydrogens (tertiary/aromatic N) is 1. The van der Waals surface area contributed by atoms with E-state index in [1.807, 2.05) is 36.4 Å². The summed E-state index contributed by atoms with van der Waals surface area (Å²) in [7, 11) is 0. The fraction of sp³-hybridized carbons (Fsp3) is 0.350. The molecule has 0 unspecified atom stereocenters. The smallest absolute Gasteiger partial charge is 0.200 e. The molecule has 2 aromatic carbocycles. The van der Waals surface area contributed by atoms with Gasteiger partial charge in [-0.1, -0.05) is 72.4 Å². The molecule has 1 aliphatic heterocycles. The van der Waals surface area contributed by atoms with E-state index in [-0.39, 0.29) is 11.0 Å². The molecule has 0 radical (unpaired) electrons. The van der Waals surface area contributed by atoms with Gasteiger partial charge in [0.1, 0.15) is 0 Å². The molecule has 1 aliphatic rings. The van der Waals surface area contributed by atoms with Crippen LogP contribution in [0, 0.1) is 0 Å². The first-order valence-electron chi connectivity index (χ1n) is 8.33. The van der Waals surface area contributed by atoms with Crippen LogP contribution in [0.1, 0.15) is 29.9 Å². The van der Waals surface area contributed by atoms with Gasteiger partial charge in [-0.2, -0.15) is 0 Å². The first kappa shape index (κ1) is 16.3. The summed E-state index contributed by atoms with van der Waals surface area (Å²) in [6, 6.07) is 20.2. The highest BCUT2D eigenvalue weighted by Gasteiger charge is 2.23. The molecule has 0 N–H and O–H groups in total. The van der Waals surface area contributed by atoms with Gasteiger partial charge in [0.25, 0.3) is 0 Å². The van der Waals surface area contributed by atoms with Crippen molar-refractivity contribution >= 4 is 16.9 Å². The third-order valence-corrected chi connectivity index (χ3v) is 5.26. The summed E-state index contributed by atoms with van der Waals surface area (Å²) < 4.78 is 0. The molecule has 0 bridgehead atoms. The zero-order valence-corrected chi connectivity index (χ0v) is 14.2. The Morgan fingerprint density at radius 2 is 1.43 bits per heavy atom. The molecule has 3 rings (SSSR count). The van der Waals surface area contributed by atoms with E-state index in [0.717, 1.165) is 23.4 Å². The maximum Gasteiger partial charge on any atom is 0.200 e. The van der Waals surface area contributed by atoms with Crippen LogP contribution in [0.5, 0.6) is 0 Å². The van der Waals surface area contributed by atoms with Crippen LogP contribution in [-0.2, 0) is 4.79 Å². The van der Waals surface area contributed by atoms with E-state index in [4.69, 9.17) is 0 Å². The molecule has 0 aliphatic carbocycles. The maximum absolute atomic E-state index is 12.9. The summed E-state index contributed by atoms with van der Waals surface area (Å²) in [4.78, 5) is 15.3. The minimum Gasteiger partial charge on any atom is -0.303 e. The van der Waals surface area contributed by atoms with Crippen LogP contribution in [0.15, 0.2) is 60.7 Å². The molecule has 0 spiro atoms. The predicted octanol–water partition coefficient (Wildman–Crippen LogP) is 4.17. The zero-order valence-electron chi connectivity index (χ0n) is 13.4. The van der Waals surface area contributed by atoms with Gasteiger partial charge in [0, 0.05) is 12.3 Å². The Kier molecular flexibility index (Phi) is 5.89. The van der Waals surface area contributed by atoms with Crippen LogP contribution in [-0.4, -0.2) is 35.4 Å². The third-order valence-electron chi connectivity index (χ3n) is 4.35. The molecule has 0 saturated carbocycles. The van der Waals surface area contributed by atoms with Gasteiger partial charge in [-0.05, 0) is 37.1 Å². The number of benzene rings is 2. The van der Waals surface area contributed by atoms with Crippen molar-refractivity contribution in [1.82, 2.24) is 4.90 Å². The highest BCUT2D eigenvalue weighted by atomic mass is 32.2. The Morgan fingerprint density at radius 3 is 1.96 bits per heavy atom. The zero-order chi connectivity index (χ0) is 15.9. The van der Waals surface area contributed by atoms with Crippen LogP contribution in [0.2, 0.25) is 0 Å². The summed E-state index contributed by atoms with van der Waals surface area (Å²) in [5.74, 6) is 0.718. The molecule has 0 aromatic heterocycles. The summed E-state index contributed by atoms with van der Waals surface area (Å²) in [5.41, 5.74) is 2.16. The van der Waals surface area contributed by atoms with Gasteiger partial charge in [-0.25, -0.2) is 0 Å². The molecule has 2 aromatic rings. The average Bonchev–Trinajstić information content (AvgIpc) is 3.10. The molecule has 2 nitrogen and oxygen atoms in total. The number of likely N-dealkylation sites (tertiary alicyclic amines) is 1. The largest absolute Gasteiger partial charge is 0.303 e. The number of carbonyl (C=O) groups is 1. The molecule has 1 heterocycles. The fourth-order valence-electron chi connectivity index (χ4n) is 3.12. The van der Waals surface area contributed by atoms with Gasteiger partial charge >= 0.3 is 0 Å². The van der Waals surface area contributed by atoms with Crippen molar-refractivity contribution in [2.24, 2.45) is 0 Å². The first-order chi connectivity index (χ1) is 11.3. The molecular formula is C20H23NOS. The van der Waals surface area contributed by atoms with Crippen LogP contribution in [0.3, 0.4) is 0 Å². The lowest BCUT2D eigenvalue weighted by atomic mass is 9.92. The van der Waals surface area contributed by atoms with Crippen molar-refractivity contribution in [2.75, 3.05) is 25.4 Å². The van der Waals surface area contributed by atoms with E-state index in [9.17, 15) is 4.79 Å². The number of carbonyl (C=O) groups excluding carboxylic acids is 1. The van der Waals surface area contributed by atoms with Crippen molar-refractivity contribution in [3.63, 3.8) is 0 Å². The highest BCUT2D eigenvalue weighted by molar-refractivity contribution is 8.13. The van der Waals surface area contributed by atoms with Crippen LogP contribution < -0.4 is 0 Å². The van der Waals surface area contributed by atoms with Crippen LogP contribution in [0.4, 0.5) is 0 Å². The summed E-state index contributed by atoms with van der Waals surface area (Å²) in [6.45, 7) is 3.40. The minimum atomic E-state index is -0.166. The topological polar surface area (TPSA) is 20.3 Å². The van der Waals surface area contributed by atoms with Crippen molar-refractivity contribution < 1.29 is 4.79 Å². The lowest BCUT2D eigenvalue weighted by molar-refractivity contribution is -0.111. The monoisotopic (exact) mass is 325 g/mol. The fourth-order valence-corrected chi connectivity index (χ4v) is 4.11. The van der Waals surface area contributed by atoms with Gasteiger partial charge in [-0.3, -0.25) is 4.79 Å². The average molecular weight is 325 g/mol. The molecule has 23 heavy (non-hydrogen) atoms. The van der Waals surface area contributed by atoms with Crippen LogP contribution >= 0.6 is 11.8 Å². The van der Waals surface area contributed by atoms with E-state index >= 15 is 0 Å². The van der Waals surface area contributed by atoms with Gasteiger partial charge in [0.15, 0.2) is 0 Å². The second-order valence-corrected chi connectivity index (χ2v) is 7.07. The molecule has 0 atom stereocenters. The Bertz CT molecular complexity index is 569. The van der Waals surface area contributed by atoms with Crippen molar-refractivity contribution in [3.05, 3.63) is 71.8 Å². The van der Waals surface area contributed by atoms with Crippen molar-refractivity contribution in [2.45, 2.75) is 18.8 Å². The van der Waals surface area contributed by atoms with E-state index in [1.54, 1.807) is 0 Å². The summed E-state index contributed by atoms with van der Waals surface area (Å²) in [6.07, 6.45) is 2.60. The third kappa shape index (κ3) is 4.46. The van der Waals surface area contributed by atoms with Gasteiger partial charge in [0.05, 0.1) is 5.92 Å². The van der Waals surface area contributed by atoms with Gasteiger partial charge in [-0.15, -0.1) is 0 Å². The van der Waals surface area contributed by atoms with E-state index in [0.29, 0.717) is 0 Å². The highest BCUT2D eigenvalue weighted by Crippen LogP contribution is 2.29. The van der Waals surface area contributed by atoms with Gasteiger partial charge in [0.2, 0.25) is 5.12 Å². The predicted molar refractivity (Wildman–Crippen MR) is 97.9 cm³/mol. The molecule has 1 fully saturated rings. The lowest BCUT2D eigenvalue weighted by Gasteiger charge is -2.18. The summed E-state index contributed by atoms with van der Waals surface area (Å²) in [5, 5.41) is 0.251.